The van der Waals surface area contributed by atoms with Gasteiger partial charge >= 0.3 is 0 Å². The van der Waals surface area contributed by atoms with Gasteiger partial charge in [-0.15, -0.1) is 0 Å². The molecule has 1 aromatic rings. The smallest absolute Gasteiger partial charge is 0.133 e. The van der Waals surface area contributed by atoms with E-state index in [1.807, 2.05) is 0 Å². The van der Waals surface area contributed by atoms with Crippen LogP contribution in [0.4, 0.5) is 5.82 Å². The zero-order chi connectivity index (χ0) is 10.8. The van der Waals surface area contributed by atoms with Crippen molar-refractivity contribution < 1.29 is 0 Å². The van der Waals surface area contributed by atoms with Crippen LogP contribution in [0, 0.1) is 0 Å². The first-order valence-electron chi connectivity index (χ1n) is 5.83. The largest absolute Gasteiger partial charge is 0.370 e. The predicted octanol–water partition coefficient (Wildman–Crippen LogP) is 2.91. The molecule has 1 aliphatic carbocycles. The summed E-state index contributed by atoms with van der Waals surface area (Å²) >= 11 is 0. The molecule has 1 N–H and O–H groups in total. The summed E-state index contributed by atoms with van der Waals surface area (Å²) in [7, 11) is 0. The van der Waals surface area contributed by atoms with Crippen molar-refractivity contribution in [3.63, 3.8) is 0 Å². The van der Waals surface area contributed by atoms with Crippen LogP contribution in [0.25, 0.3) is 0 Å². The molecule has 0 atom stereocenters. The molecular weight excluding hydrogens is 186 g/mol. The van der Waals surface area contributed by atoms with E-state index in [1.165, 1.54) is 18.5 Å². The molecule has 1 aliphatic rings. The summed E-state index contributed by atoms with van der Waals surface area (Å²) < 4.78 is 0. The quantitative estimate of drug-likeness (QED) is 0.821. The lowest BCUT2D eigenvalue weighted by Gasteiger charge is -2.10. The summed E-state index contributed by atoms with van der Waals surface area (Å²) in [4.78, 5) is 9.14. The Hall–Kier alpha value is -1.12. The van der Waals surface area contributed by atoms with Crippen LogP contribution < -0.4 is 5.32 Å². The third-order valence-corrected chi connectivity index (χ3v) is 2.63. The molecule has 2 rings (SSSR count). The fraction of sp³-hybridized carbons (Fsp3) is 0.667. The molecule has 0 aromatic carbocycles. The number of nitrogens with one attached hydrogen (secondary N) is 1. The molecule has 1 aromatic heterocycles. The zero-order valence-electron chi connectivity index (χ0n) is 9.75. The Bertz CT molecular complexity index is 322. The number of hydrogen-bond acceptors (Lipinski definition) is 3. The summed E-state index contributed by atoms with van der Waals surface area (Å²) in [6.07, 6.45) is 2.58. The Labute approximate surface area is 91.3 Å². The Morgan fingerprint density at radius 3 is 2.67 bits per heavy atom. The van der Waals surface area contributed by atoms with E-state index in [4.69, 9.17) is 0 Å². The van der Waals surface area contributed by atoms with Crippen molar-refractivity contribution in [3.05, 3.63) is 17.6 Å². The van der Waals surface area contributed by atoms with Crippen LogP contribution in [0.5, 0.6) is 0 Å². The number of nitrogens with zero attached hydrogens (tertiary/aromatic N) is 2. The highest BCUT2D eigenvalue weighted by Gasteiger charge is 2.26. The maximum atomic E-state index is 4.63. The highest BCUT2D eigenvalue weighted by molar-refractivity contribution is 5.38. The minimum absolute atomic E-state index is 0.404. The van der Waals surface area contributed by atoms with E-state index < -0.39 is 0 Å². The third-order valence-electron chi connectivity index (χ3n) is 2.63. The van der Waals surface area contributed by atoms with Gasteiger partial charge in [0.15, 0.2) is 0 Å². The Morgan fingerprint density at radius 2 is 2.13 bits per heavy atom. The van der Waals surface area contributed by atoms with Gasteiger partial charge in [0.25, 0.3) is 0 Å². The maximum Gasteiger partial charge on any atom is 0.133 e. The van der Waals surface area contributed by atoms with Crippen molar-refractivity contribution in [2.45, 2.75) is 45.4 Å². The van der Waals surface area contributed by atoms with E-state index in [2.05, 4.69) is 42.1 Å². The molecule has 0 bridgehead atoms. The summed E-state index contributed by atoms with van der Waals surface area (Å²) in [5, 5.41) is 3.27. The maximum absolute atomic E-state index is 4.63. The highest BCUT2D eigenvalue weighted by Crippen LogP contribution is 2.39. The summed E-state index contributed by atoms with van der Waals surface area (Å²) in [6, 6.07) is 2.10. The Kier molecular flexibility index (Phi) is 2.89. The van der Waals surface area contributed by atoms with Crippen molar-refractivity contribution >= 4 is 5.82 Å². The molecule has 0 spiro atoms. The molecule has 3 nitrogen and oxygen atoms in total. The van der Waals surface area contributed by atoms with E-state index in [1.54, 1.807) is 0 Å². The van der Waals surface area contributed by atoms with Gasteiger partial charge in [0.05, 0.1) is 0 Å². The zero-order valence-corrected chi connectivity index (χ0v) is 9.75. The molecule has 0 saturated heterocycles. The lowest BCUT2D eigenvalue weighted by Crippen LogP contribution is -2.06. The van der Waals surface area contributed by atoms with E-state index >= 15 is 0 Å². The summed E-state index contributed by atoms with van der Waals surface area (Å²) in [5.74, 6) is 3.05. The first-order valence-corrected chi connectivity index (χ1v) is 5.83. The van der Waals surface area contributed by atoms with E-state index in [-0.39, 0.29) is 0 Å². The lowest BCUT2D eigenvalue weighted by atomic mass is 10.2. The highest BCUT2D eigenvalue weighted by atomic mass is 15.0. The minimum atomic E-state index is 0.404. The van der Waals surface area contributed by atoms with Crippen molar-refractivity contribution in [1.29, 1.82) is 0 Å². The lowest BCUT2D eigenvalue weighted by molar-refractivity contribution is 0.758. The summed E-state index contributed by atoms with van der Waals surface area (Å²) in [6.45, 7) is 7.29. The molecule has 1 saturated carbocycles. The number of rotatable bonds is 4. The van der Waals surface area contributed by atoms with E-state index in [0.717, 1.165) is 18.2 Å². The van der Waals surface area contributed by atoms with Gasteiger partial charge in [-0.05, 0) is 19.8 Å². The second-order valence-corrected chi connectivity index (χ2v) is 4.50. The van der Waals surface area contributed by atoms with Gasteiger partial charge in [-0.1, -0.05) is 13.8 Å². The van der Waals surface area contributed by atoms with Crippen LogP contribution in [0.1, 0.15) is 57.0 Å². The fourth-order valence-corrected chi connectivity index (χ4v) is 1.60. The van der Waals surface area contributed by atoms with Crippen molar-refractivity contribution in [3.8, 4) is 0 Å². The van der Waals surface area contributed by atoms with Crippen LogP contribution >= 0.6 is 0 Å². The molecule has 0 radical (unpaired) electrons. The van der Waals surface area contributed by atoms with Crippen LogP contribution in [0.15, 0.2) is 6.07 Å². The third kappa shape index (κ3) is 2.46. The summed E-state index contributed by atoms with van der Waals surface area (Å²) in [5.41, 5.74) is 1.23. The van der Waals surface area contributed by atoms with Crippen molar-refractivity contribution in [2.75, 3.05) is 11.9 Å². The normalized spacial score (nSPS) is 15.7. The van der Waals surface area contributed by atoms with Crippen LogP contribution in [-0.2, 0) is 0 Å². The topological polar surface area (TPSA) is 37.8 Å². The SMILES string of the molecule is CCNc1cc(C2CC2)nc(C(C)C)n1. The molecule has 82 valence electrons. The first kappa shape index (κ1) is 10.4. The number of hydrogen-bond donors (Lipinski definition) is 1. The minimum Gasteiger partial charge on any atom is -0.370 e. The average Bonchev–Trinajstić information content (AvgIpc) is 3.01. The monoisotopic (exact) mass is 205 g/mol. The molecule has 1 heterocycles. The van der Waals surface area contributed by atoms with Gasteiger partial charge in [-0.2, -0.15) is 0 Å². The van der Waals surface area contributed by atoms with Gasteiger partial charge < -0.3 is 5.32 Å². The van der Waals surface area contributed by atoms with Crippen LogP contribution in [0.2, 0.25) is 0 Å². The molecule has 0 aliphatic heterocycles. The Morgan fingerprint density at radius 1 is 1.40 bits per heavy atom. The first-order chi connectivity index (χ1) is 7.20. The predicted molar refractivity (Wildman–Crippen MR) is 62.3 cm³/mol. The molecule has 15 heavy (non-hydrogen) atoms. The van der Waals surface area contributed by atoms with Gasteiger partial charge in [0, 0.05) is 30.1 Å². The van der Waals surface area contributed by atoms with Crippen LogP contribution in [0.3, 0.4) is 0 Å². The van der Waals surface area contributed by atoms with E-state index in [0.29, 0.717) is 11.8 Å². The number of anilines is 1. The molecular formula is C12H19N3. The second kappa shape index (κ2) is 4.17. The van der Waals surface area contributed by atoms with Crippen molar-refractivity contribution in [2.24, 2.45) is 0 Å². The Balaban J connectivity index is 2.30. The number of aromatic nitrogens is 2. The average molecular weight is 205 g/mol. The van der Waals surface area contributed by atoms with Gasteiger partial charge in [0.2, 0.25) is 0 Å². The van der Waals surface area contributed by atoms with Crippen molar-refractivity contribution in [1.82, 2.24) is 9.97 Å². The van der Waals surface area contributed by atoms with Gasteiger partial charge in [-0.25, -0.2) is 9.97 Å². The van der Waals surface area contributed by atoms with Crippen LogP contribution in [-0.4, -0.2) is 16.5 Å². The van der Waals surface area contributed by atoms with Gasteiger partial charge in [0.1, 0.15) is 11.6 Å². The molecule has 3 heteroatoms. The molecule has 1 fully saturated rings. The second-order valence-electron chi connectivity index (χ2n) is 4.50. The molecule has 0 amide bonds. The van der Waals surface area contributed by atoms with E-state index in [9.17, 15) is 0 Å². The molecule has 0 unspecified atom stereocenters. The fourth-order valence-electron chi connectivity index (χ4n) is 1.60. The standard InChI is InChI=1S/C12H19N3/c1-4-13-11-7-10(9-5-6-9)14-12(15-11)8(2)3/h7-9H,4-6H2,1-3H3,(H,13,14,15). The van der Waals surface area contributed by atoms with Gasteiger partial charge in [-0.3, -0.25) is 0 Å².